The topological polar surface area (TPSA) is 68.3 Å². The normalized spacial score (nSPS) is 22.7. The summed E-state index contributed by atoms with van der Waals surface area (Å²) in [5.41, 5.74) is 6.48. The summed E-state index contributed by atoms with van der Waals surface area (Å²) in [5.74, 6) is -0.530. The van der Waals surface area contributed by atoms with Crippen molar-refractivity contribution in [2.45, 2.75) is 44.5 Å². The molecule has 2 rings (SSSR count). The number of nitrogens with two attached hydrogens (primary N) is 1. The first-order chi connectivity index (χ1) is 9.58. The van der Waals surface area contributed by atoms with Crippen molar-refractivity contribution in [2.75, 3.05) is 7.11 Å². The Bertz CT molecular complexity index is 479. The molecule has 1 saturated carbocycles. The van der Waals surface area contributed by atoms with Gasteiger partial charge in [0.2, 0.25) is 0 Å². The summed E-state index contributed by atoms with van der Waals surface area (Å²) < 4.78 is 24.6. The van der Waals surface area contributed by atoms with Crippen LogP contribution >= 0.6 is 0 Å². The number of methoxy groups -OCH3 is 1. The third-order valence-corrected chi connectivity index (χ3v) is 3.67. The smallest absolute Gasteiger partial charge is 0.124 e. The van der Waals surface area contributed by atoms with Gasteiger partial charge < -0.3 is 15.2 Å². The number of halogens is 1. The molecule has 0 amide bonds. The largest absolute Gasteiger partial charge is 0.384 e. The Kier molecular flexibility index (Phi) is 5.09. The minimum Gasteiger partial charge on any atom is -0.384 e. The van der Waals surface area contributed by atoms with Crippen molar-refractivity contribution in [2.24, 2.45) is 5.73 Å². The Balaban J connectivity index is 1.95. The van der Waals surface area contributed by atoms with Gasteiger partial charge in [-0.15, -0.1) is 0 Å². The van der Waals surface area contributed by atoms with E-state index >= 15 is 0 Å². The second kappa shape index (κ2) is 6.81. The highest BCUT2D eigenvalue weighted by Gasteiger charge is 2.22. The third-order valence-electron chi connectivity index (χ3n) is 3.67. The van der Waals surface area contributed by atoms with Crippen molar-refractivity contribution in [1.29, 1.82) is 5.41 Å². The van der Waals surface area contributed by atoms with E-state index in [-0.39, 0.29) is 18.0 Å². The van der Waals surface area contributed by atoms with Crippen molar-refractivity contribution >= 4 is 5.84 Å². The summed E-state index contributed by atoms with van der Waals surface area (Å²) in [5, 5.41) is 7.36. The highest BCUT2D eigenvalue weighted by atomic mass is 19.1. The number of amidine groups is 1. The highest BCUT2D eigenvalue weighted by molar-refractivity contribution is 5.95. The zero-order chi connectivity index (χ0) is 14.5. The second-order valence-corrected chi connectivity index (χ2v) is 5.22. The maximum Gasteiger partial charge on any atom is 0.124 e. The summed E-state index contributed by atoms with van der Waals surface area (Å²) in [4.78, 5) is 0. The summed E-state index contributed by atoms with van der Waals surface area (Å²) >= 11 is 0. The fraction of sp³-hybridized carbons (Fsp3) is 0.533. The first-order valence-corrected chi connectivity index (χ1v) is 6.86. The lowest BCUT2D eigenvalue weighted by Gasteiger charge is -2.28. The molecule has 110 valence electrons. The number of hydrogen-bond acceptors (Lipinski definition) is 3. The van der Waals surface area contributed by atoms with Gasteiger partial charge in [0.1, 0.15) is 11.7 Å². The van der Waals surface area contributed by atoms with E-state index in [1.54, 1.807) is 13.2 Å². The average Bonchev–Trinajstić information content (AvgIpc) is 2.44. The maximum absolute atomic E-state index is 13.4. The number of nitrogens with one attached hydrogen (secondary N) is 1. The monoisotopic (exact) mass is 280 g/mol. The molecule has 2 atom stereocenters. The summed E-state index contributed by atoms with van der Waals surface area (Å²) in [6.45, 7) is 0.332. The van der Waals surface area contributed by atoms with E-state index in [1.165, 1.54) is 12.1 Å². The Hall–Kier alpha value is -1.46. The lowest BCUT2D eigenvalue weighted by Crippen LogP contribution is -2.27. The molecule has 2 unspecified atom stereocenters. The predicted molar refractivity (Wildman–Crippen MR) is 75.3 cm³/mol. The molecular weight excluding hydrogens is 259 g/mol. The maximum atomic E-state index is 13.4. The quantitative estimate of drug-likeness (QED) is 0.643. The molecule has 3 N–H and O–H groups in total. The van der Waals surface area contributed by atoms with Crippen LogP contribution in [0.25, 0.3) is 0 Å². The number of benzene rings is 1. The van der Waals surface area contributed by atoms with E-state index in [4.69, 9.17) is 20.6 Å². The van der Waals surface area contributed by atoms with Crippen LogP contribution in [0.1, 0.15) is 36.8 Å². The molecule has 20 heavy (non-hydrogen) atoms. The van der Waals surface area contributed by atoms with Crippen LogP contribution in [0.3, 0.4) is 0 Å². The van der Waals surface area contributed by atoms with Crippen LogP contribution in [-0.4, -0.2) is 25.2 Å². The molecule has 1 aromatic carbocycles. The van der Waals surface area contributed by atoms with Crippen LogP contribution in [0.2, 0.25) is 0 Å². The van der Waals surface area contributed by atoms with Gasteiger partial charge in [0.05, 0.1) is 18.8 Å². The second-order valence-electron chi connectivity index (χ2n) is 5.22. The van der Waals surface area contributed by atoms with Gasteiger partial charge in [-0.1, -0.05) is 0 Å². The van der Waals surface area contributed by atoms with Crippen molar-refractivity contribution in [3.05, 3.63) is 35.1 Å². The molecule has 0 aliphatic heterocycles. The SMILES string of the molecule is COC1CCCC(OCc2cc(F)cc(C(=N)N)c2)C1. The molecule has 0 heterocycles. The lowest BCUT2D eigenvalue weighted by molar-refractivity contribution is -0.0364. The van der Waals surface area contributed by atoms with Crippen molar-refractivity contribution in [1.82, 2.24) is 0 Å². The number of nitrogen functional groups attached to an aromatic ring is 1. The van der Waals surface area contributed by atoms with Crippen molar-refractivity contribution in [3.8, 4) is 0 Å². The number of hydrogen-bond donors (Lipinski definition) is 2. The molecule has 5 heteroatoms. The molecule has 1 fully saturated rings. The number of rotatable bonds is 5. The Labute approximate surface area is 118 Å². The average molecular weight is 280 g/mol. The first-order valence-electron chi connectivity index (χ1n) is 6.86. The third kappa shape index (κ3) is 4.02. The standard InChI is InChI=1S/C15H21FN2O2/c1-19-13-3-2-4-14(8-13)20-9-10-5-11(15(17)18)7-12(16)6-10/h5-7,13-14H,2-4,8-9H2,1H3,(H3,17,18). The van der Waals surface area contributed by atoms with Gasteiger partial charge in [0, 0.05) is 12.7 Å². The van der Waals surface area contributed by atoms with Gasteiger partial charge >= 0.3 is 0 Å². The van der Waals surface area contributed by atoms with Gasteiger partial charge in [-0.25, -0.2) is 4.39 Å². The Morgan fingerprint density at radius 1 is 1.35 bits per heavy atom. The van der Waals surface area contributed by atoms with Crippen LogP contribution in [0.15, 0.2) is 18.2 Å². The molecule has 0 spiro atoms. The van der Waals surface area contributed by atoms with Gasteiger partial charge in [-0.3, -0.25) is 5.41 Å². The van der Waals surface area contributed by atoms with Gasteiger partial charge in [0.25, 0.3) is 0 Å². The lowest BCUT2D eigenvalue weighted by atomic mass is 9.95. The highest BCUT2D eigenvalue weighted by Crippen LogP contribution is 2.24. The molecule has 0 aromatic heterocycles. The van der Waals surface area contributed by atoms with Gasteiger partial charge in [-0.05, 0) is 49.4 Å². The Morgan fingerprint density at radius 2 is 2.10 bits per heavy atom. The van der Waals surface area contributed by atoms with Crippen LogP contribution < -0.4 is 5.73 Å². The Morgan fingerprint density at radius 3 is 2.80 bits per heavy atom. The predicted octanol–water partition coefficient (Wildman–Crippen LogP) is 2.58. The zero-order valence-electron chi connectivity index (χ0n) is 11.7. The molecule has 1 aliphatic carbocycles. The van der Waals surface area contributed by atoms with Gasteiger partial charge in [0.15, 0.2) is 0 Å². The van der Waals surface area contributed by atoms with Crippen molar-refractivity contribution < 1.29 is 13.9 Å². The van der Waals surface area contributed by atoms with Crippen LogP contribution in [0.5, 0.6) is 0 Å². The summed E-state index contributed by atoms with van der Waals surface area (Å²) in [6, 6.07) is 4.37. The van der Waals surface area contributed by atoms with E-state index in [2.05, 4.69) is 0 Å². The molecule has 1 aromatic rings. The molecule has 0 bridgehead atoms. The first kappa shape index (κ1) is 14.9. The number of ether oxygens (including phenoxy) is 2. The van der Waals surface area contributed by atoms with Crippen molar-refractivity contribution in [3.63, 3.8) is 0 Å². The van der Waals surface area contributed by atoms with E-state index < -0.39 is 5.82 Å². The zero-order valence-corrected chi connectivity index (χ0v) is 11.7. The fourth-order valence-corrected chi connectivity index (χ4v) is 2.57. The van der Waals surface area contributed by atoms with Crippen LogP contribution in [-0.2, 0) is 16.1 Å². The fourth-order valence-electron chi connectivity index (χ4n) is 2.57. The van der Waals surface area contributed by atoms with Crippen LogP contribution in [0, 0.1) is 11.2 Å². The van der Waals surface area contributed by atoms with E-state index in [0.29, 0.717) is 17.7 Å². The minimum absolute atomic E-state index is 0.136. The molecule has 0 radical (unpaired) electrons. The van der Waals surface area contributed by atoms with Crippen LogP contribution in [0.4, 0.5) is 4.39 Å². The molecule has 4 nitrogen and oxygen atoms in total. The molecule has 0 saturated heterocycles. The van der Waals surface area contributed by atoms with E-state index in [0.717, 1.165) is 25.7 Å². The van der Waals surface area contributed by atoms with Gasteiger partial charge in [-0.2, -0.15) is 0 Å². The summed E-state index contributed by atoms with van der Waals surface area (Å²) in [7, 11) is 1.72. The van der Waals surface area contributed by atoms with E-state index in [9.17, 15) is 4.39 Å². The van der Waals surface area contributed by atoms with E-state index in [1.807, 2.05) is 0 Å². The molecule has 1 aliphatic rings. The summed E-state index contributed by atoms with van der Waals surface area (Å²) in [6.07, 6.45) is 4.46. The molecular formula is C15H21FN2O2. The minimum atomic E-state index is -0.394.